The molecule has 5 nitrogen and oxygen atoms in total. The Morgan fingerprint density at radius 3 is 2.56 bits per heavy atom. The van der Waals surface area contributed by atoms with E-state index in [1.165, 1.54) is 6.07 Å². The molecule has 0 saturated heterocycles. The molecule has 0 aliphatic carbocycles. The molecule has 0 radical (unpaired) electrons. The molecule has 2 aromatic carbocycles. The summed E-state index contributed by atoms with van der Waals surface area (Å²) < 4.78 is 25.0. The Kier molecular flexibility index (Phi) is 10.5. The van der Waals surface area contributed by atoms with Gasteiger partial charge in [0.05, 0.1) is 20.8 Å². The van der Waals surface area contributed by atoms with Gasteiger partial charge in [-0.3, -0.25) is 0 Å². The topological polar surface area (TPSA) is 68.9 Å². The number of halogens is 3. The highest BCUT2D eigenvalue weighted by Crippen LogP contribution is 2.27. The number of ether oxygens (including phenoxy) is 2. The van der Waals surface area contributed by atoms with Crippen molar-refractivity contribution in [3.63, 3.8) is 0 Å². The molecule has 27 heavy (non-hydrogen) atoms. The molecule has 0 amide bonds. The van der Waals surface area contributed by atoms with E-state index >= 15 is 0 Å². The third kappa shape index (κ3) is 7.53. The summed E-state index contributed by atoms with van der Waals surface area (Å²) in [4.78, 5) is 4.31. The fourth-order valence-electron chi connectivity index (χ4n) is 2.43. The molecule has 0 saturated carbocycles. The molecule has 2 aromatic rings. The van der Waals surface area contributed by atoms with Crippen LogP contribution in [0.5, 0.6) is 11.5 Å². The molecule has 148 valence electrons. The normalized spacial score (nSPS) is 10.9. The van der Waals surface area contributed by atoms with Crippen molar-refractivity contribution >= 4 is 45.9 Å². The van der Waals surface area contributed by atoms with E-state index in [2.05, 4.69) is 26.2 Å². The van der Waals surface area contributed by atoms with Gasteiger partial charge in [-0.15, -0.1) is 24.0 Å². The first-order valence-electron chi connectivity index (χ1n) is 8.22. The van der Waals surface area contributed by atoms with Gasteiger partial charge in [0.15, 0.2) is 17.5 Å². The Balaban J connectivity index is 0.00000364. The SMILES string of the molecule is COc1ccc(CN=C(N)NCCCc2ccc(Br)cc2F)cc1OC.I. The van der Waals surface area contributed by atoms with Gasteiger partial charge in [-0.2, -0.15) is 0 Å². The fourth-order valence-corrected chi connectivity index (χ4v) is 2.76. The molecule has 3 N–H and O–H groups in total. The van der Waals surface area contributed by atoms with Gasteiger partial charge in [0.25, 0.3) is 0 Å². The lowest BCUT2D eigenvalue weighted by atomic mass is 10.1. The highest BCUT2D eigenvalue weighted by molar-refractivity contribution is 14.0. The zero-order valence-electron chi connectivity index (χ0n) is 15.3. The van der Waals surface area contributed by atoms with Gasteiger partial charge in [-0.1, -0.05) is 28.1 Å². The van der Waals surface area contributed by atoms with Gasteiger partial charge in [-0.25, -0.2) is 9.38 Å². The molecular formula is C19H24BrFIN3O2. The fraction of sp³-hybridized carbons (Fsp3) is 0.316. The molecule has 0 aliphatic rings. The zero-order valence-corrected chi connectivity index (χ0v) is 19.2. The van der Waals surface area contributed by atoms with Gasteiger partial charge >= 0.3 is 0 Å². The van der Waals surface area contributed by atoms with E-state index in [-0.39, 0.29) is 29.8 Å². The number of hydrogen-bond acceptors (Lipinski definition) is 3. The van der Waals surface area contributed by atoms with E-state index in [0.29, 0.717) is 42.5 Å². The number of aliphatic imine (C=N–C) groups is 1. The van der Waals surface area contributed by atoms with Crippen LogP contribution in [0, 0.1) is 5.82 Å². The molecule has 0 aromatic heterocycles. The summed E-state index contributed by atoms with van der Waals surface area (Å²) in [6.07, 6.45) is 1.39. The second-order valence-electron chi connectivity index (χ2n) is 5.66. The average molecular weight is 552 g/mol. The van der Waals surface area contributed by atoms with Crippen LogP contribution in [0.2, 0.25) is 0 Å². The van der Waals surface area contributed by atoms with E-state index in [4.69, 9.17) is 15.2 Å². The summed E-state index contributed by atoms with van der Waals surface area (Å²) in [7, 11) is 3.19. The van der Waals surface area contributed by atoms with Crippen molar-refractivity contribution in [1.29, 1.82) is 0 Å². The minimum Gasteiger partial charge on any atom is -0.493 e. The number of guanidine groups is 1. The molecule has 0 atom stereocenters. The minimum absolute atomic E-state index is 0. The standard InChI is InChI=1S/C19H23BrFN3O2.HI/c1-25-17-8-5-13(10-18(17)26-2)12-24-19(22)23-9-3-4-14-6-7-15(20)11-16(14)21;/h5-8,10-11H,3-4,9,12H2,1-2H3,(H3,22,23,24);1H. The van der Waals surface area contributed by atoms with Crippen molar-refractivity contribution in [2.24, 2.45) is 10.7 Å². The van der Waals surface area contributed by atoms with Crippen LogP contribution in [0.25, 0.3) is 0 Å². The molecule has 0 heterocycles. The molecule has 0 fully saturated rings. The Bertz CT molecular complexity index is 775. The number of nitrogens with one attached hydrogen (secondary N) is 1. The van der Waals surface area contributed by atoms with Crippen LogP contribution < -0.4 is 20.5 Å². The molecule has 8 heteroatoms. The lowest BCUT2D eigenvalue weighted by Gasteiger charge is -2.09. The van der Waals surface area contributed by atoms with Crippen molar-refractivity contribution in [2.75, 3.05) is 20.8 Å². The Hall–Kier alpha value is -1.55. The summed E-state index contributed by atoms with van der Waals surface area (Å²) in [5.74, 6) is 1.49. The Labute approximate surface area is 184 Å². The summed E-state index contributed by atoms with van der Waals surface area (Å²) in [6.45, 7) is 1.05. The maximum atomic E-state index is 13.7. The first-order chi connectivity index (χ1) is 12.5. The smallest absolute Gasteiger partial charge is 0.188 e. The van der Waals surface area contributed by atoms with Crippen LogP contribution in [-0.2, 0) is 13.0 Å². The second kappa shape index (κ2) is 12.0. The lowest BCUT2D eigenvalue weighted by Crippen LogP contribution is -2.32. The van der Waals surface area contributed by atoms with Crippen molar-refractivity contribution in [3.05, 3.63) is 57.8 Å². The largest absolute Gasteiger partial charge is 0.493 e. The third-order valence-corrected chi connectivity index (χ3v) is 4.32. The highest BCUT2D eigenvalue weighted by Gasteiger charge is 2.05. The highest BCUT2D eigenvalue weighted by atomic mass is 127. The maximum Gasteiger partial charge on any atom is 0.188 e. The van der Waals surface area contributed by atoms with E-state index in [9.17, 15) is 4.39 Å². The number of hydrogen-bond donors (Lipinski definition) is 2. The summed E-state index contributed by atoms with van der Waals surface area (Å²) in [5.41, 5.74) is 7.53. The van der Waals surface area contributed by atoms with E-state index in [0.717, 1.165) is 16.5 Å². The maximum absolute atomic E-state index is 13.7. The van der Waals surface area contributed by atoms with Gasteiger partial charge in [0.1, 0.15) is 5.82 Å². The summed E-state index contributed by atoms with van der Waals surface area (Å²) >= 11 is 3.25. The van der Waals surface area contributed by atoms with Crippen LogP contribution in [0.4, 0.5) is 4.39 Å². The first-order valence-corrected chi connectivity index (χ1v) is 9.01. The number of nitrogens with zero attached hydrogens (tertiary/aromatic N) is 1. The van der Waals surface area contributed by atoms with E-state index < -0.39 is 0 Å². The molecule has 0 spiro atoms. The third-order valence-electron chi connectivity index (χ3n) is 3.82. The predicted molar refractivity (Wildman–Crippen MR) is 121 cm³/mol. The average Bonchev–Trinajstić information content (AvgIpc) is 2.64. The van der Waals surface area contributed by atoms with Crippen molar-refractivity contribution in [1.82, 2.24) is 5.32 Å². The Morgan fingerprint density at radius 1 is 1.15 bits per heavy atom. The Morgan fingerprint density at radius 2 is 1.89 bits per heavy atom. The molecule has 0 unspecified atom stereocenters. The molecular weight excluding hydrogens is 528 g/mol. The number of methoxy groups -OCH3 is 2. The van der Waals surface area contributed by atoms with E-state index in [1.54, 1.807) is 20.3 Å². The van der Waals surface area contributed by atoms with Crippen LogP contribution in [0.1, 0.15) is 17.5 Å². The molecule has 2 rings (SSSR count). The van der Waals surface area contributed by atoms with Crippen LogP contribution >= 0.6 is 39.9 Å². The van der Waals surface area contributed by atoms with Gasteiger partial charge in [0, 0.05) is 11.0 Å². The van der Waals surface area contributed by atoms with Crippen molar-refractivity contribution in [2.45, 2.75) is 19.4 Å². The zero-order chi connectivity index (χ0) is 18.9. The first kappa shape index (κ1) is 23.5. The second-order valence-corrected chi connectivity index (χ2v) is 6.57. The number of benzene rings is 2. The number of rotatable bonds is 8. The molecule has 0 aliphatic heterocycles. The van der Waals surface area contributed by atoms with Gasteiger partial charge in [-0.05, 0) is 48.2 Å². The summed E-state index contributed by atoms with van der Waals surface area (Å²) in [6, 6.07) is 10.7. The number of aryl methyl sites for hydroxylation is 1. The number of nitrogens with two attached hydrogens (primary N) is 1. The van der Waals surface area contributed by atoms with Crippen molar-refractivity contribution in [3.8, 4) is 11.5 Å². The van der Waals surface area contributed by atoms with Crippen LogP contribution in [0.3, 0.4) is 0 Å². The lowest BCUT2D eigenvalue weighted by molar-refractivity contribution is 0.354. The monoisotopic (exact) mass is 551 g/mol. The molecule has 0 bridgehead atoms. The van der Waals surface area contributed by atoms with Gasteiger partial charge in [0.2, 0.25) is 0 Å². The minimum atomic E-state index is -0.200. The van der Waals surface area contributed by atoms with Gasteiger partial charge < -0.3 is 20.5 Å². The van der Waals surface area contributed by atoms with Crippen LogP contribution in [-0.4, -0.2) is 26.7 Å². The van der Waals surface area contributed by atoms with Crippen LogP contribution in [0.15, 0.2) is 45.9 Å². The summed E-state index contributed by atoms with van der Waals surface area (Å²) in [5, 5.41) is 3.05. The quantitative estimate of drug-likeness (QED) is 0.223. The van der Waals surface area contributed by atoms with Crippen molar-refractivity contribution < 1.29 is 13.9 Å². The predicted octanol–water partition coefficient (Wildman–Crippen LogP) is 4.26. The van der Waals surface area contributed by atoms with E-state index in [1.807, 2.05) is 24.3 Å².